The third kappa shape index (κ3) is 2.83. The zero-order valence-electron chi connectivity index (χ0n) is 11.6. The van der Waals surface area contributed by atoms with Crippen LogP contribution < -0.4 is 0 Å². The van der Waals surface area contributed by atoms with Crippen LogP contribution in [-0.4, -0.2) is 47.8 Å². The number of amides is 2. The summed E-state index contributed by atoms with van der Waals surface area (Å²) in [5.74, 6) is -0.0136. The van der Waals surface area contributed by atoms with Crippen LogP contribution in [0, 0.1) is 11.3 Å². The fourth-order valence-electron chi connectivity index (χ4n) is 2.42. The Labute approximate surface area is 122 Å². The zero-order chi connectivity index (χ0) is 14.7. The van der Waals surface area contributed by atoms with E-state index in [1.54, 1.807) is 35.2 Å². The molecule has 0 spiro atoms. The largest absolute Gasteiger partial charge is 0.343 e. The number of nitrogens with zero attached hydrogens (tertiary/aromatic N) is 3. The number of likely N-dealkylation sites (tertiary alicyclic amines) is 1. The van der Waals surface area contributed by atoms with Gasteiger partial charge in [0.05, 0.1) is 5.56 Å². The van der Waals surface area contributed by atoms with Crippen molar-refractivity contribution in [2.45, 2.75) is 25.8 Å². The maximum Gasteiger partial charge on any atom is 0.265 e. The highest BCUT2D eigenvalue weighted by atomic mass is 32.1. The molecule has 20 heavy (non-hydrogen) atoms. The lowest BCUT2D eigenvalue weighted by Gasteiger charge is -2.36. The highest BCUT2D eigenvalue weighted by Crippen LogP contribution is 2.22. The van der Waals surface area contributed by atoms with Crippen molar-refractivity contribution >= 4 is 23.2 Å². The summed E-state index contributed by atoms with van der Waals surface area (Å²) in [5, 5.41) is 10.7. The van der Waals surface area contributed by atoms with E-state index in [1.165, 1.54) is 11.3 Å². The summed E-state index contributed by atoms with van der Waals surface area (Å²) in [7, 11) is 1.80. The van der Waals surface area contributed by atoms with E-state index in [0.717, 1.165) is 12.8 Å². The highest BCUT2D eigenvalue weighted by molar-refractivity contribution is 7.12. The van der Waals surface area contributed by atoms with Crippen LogP contribution in [0.1, 0.15) is 35.0 Å². The molecule has 5 nitrogen and oxygen atoms in total. The summed E-state index contributed by atoms with van der Waals surface area (Å²) < 4.78 is 0. The third-order valence-corrected chi connectivity index (χ3v) is 4.68. The van der Waals surface area contributed by atoms with Gasteiger partial charge in [-0.3, -0.25) is 9.59 Å². The van der Waals surface area contributed by atoms with Crippen molar-refractivity contribution < 1.29 is 9.59 Å². The normalized spacial score (nSPS) is 15.8. The Bertz CT molecular complexity index is 553. The van der Waals surface area contributed by atoms with Gasteiger partial charge in [-0.05, 0) is 24.3 Å². The van der Waals surface area contributed by atoms with Gasteiger partial charge in [-0.15, -0.1) is 11.3 Å². The molecule has 106 valence electrons. The Hall–Kier alpha value is -1.87. The first-order valence-corrected chi connectivity index (χ1v) is 7.42. The van der Waals surface area contributed by atoms with Gasteiger partial charge in [0.1, 0.15) is 10.9 Å². The predicted octanol–water partition coefficient (Wildman–Crippen LogP) is 1.70. The first-order valence-electron chi connectivity index (χ1n) is 6.55. The lowest BCUT2D eigenvalue weighted by Crippen LogP contribution is -2.46. The molecule has 0 atom stereocenters. The molecule has 2 amide bonds. The minimum atomic E-state index is -0.0690. The van der Waals surface area contributed by atoms with Crippen LogP contribution in [0.2, 0.25) is 0 Å². The molecule has 6 heteroatoms. The molecule has 2 heterocycles. The molecule has 0 aliphatic carbocycles. The second-order valence-corrected chi connectivity index (χ2v) is 5.84. The molecule has 1 aliphatic heterocycles. The molecule has 2 rings (SSSR count). The molecule has 0 unspecified atom stereocenters. The highest BCUT2D eigenvalue weighted by Gasteiger charge is 2.28. The summed E-state index contributed by atoms with van der Waals surface area (Å²) >= 11 is 1.31. The van der Waals surface area contributed by atoms with E-state index in [2.05, 4.69) is 0 Å². The van der Waals surface area contributed by atoms with Crippen LogP contribution >= 0.6 is 11.3 Å². The number of piperidine rings is 1. The Morgan fingerprint density at radius 3 is 2.65 bits per heavy atom. The number of hydrogen-bond acceptors (Lipinski definition) is 4. The van der Waals surface area contributed by atoms with Gasteiger partial charge in [0.2, 0.25) is 5.91 Å². The van der Waals surface area contributed by atoms with Crippen molar-refractivity contribution in [1.29, 1.82) is 5.26 Å². The zero-order valence-corrected chi connectivity index (χ0v) is 12.4. The summed E-state index contributed by atoms with van der Waals surface area (Å²) in [5.41, 5.74) is 0.447. The molecule has 1 fully saturated rings. The van der Waals surface area contributed by atoms with Gasteiger partial charge in [-0.1, -0.05) is 0 Å². The van der Waals surface area contributed by atoms with Crippen LogP contribution in [-0.2, 0) is 4.79 Å². The molecule has 0 radical (unpaired) electrons. The average molecular weight is 291 g/mol. The van der Waals surface area contributed by atoms with Crippen molar-refractivity contribution in [2.24, 2.45) is 0 Å². The Morgan fingerprint density at radius 2 is 2.10 bits per heavy atom. The average Bonchev–Trinajstić information content (AvgIpc) is 2.94. The van der Waals surface area contributed by atoms with Gasteiger partial charge in [0, 0.05) is 33.1 Å². The minimum absolute atomic E-state index is 0.0554. The maximum atomic E-state index is 12.4. The van der Waals surface area contributed by atoms with Crippen LogP contribution in [0.5, 0.6) is 0 Å². The van der Waals surface area contributed by atoms with Gasteiger partial charge in [0.25, 0.3) is 5.91 Å². The quantitative estimate of drug-likeness (QED) is 0.833. The van der Waals surface area contributed by atoms with Crippen molar-refractivity contribution in [3.63, 3.8) is 0 Å². The number of hydrogen-bond donors (Lipinski definition) is 0. The monoisotopic (exact) mass is 291 g/mol. The number of thiophene rings is 1. The molecular weight excluding hydrogens is 274 g/mol. The molecule has 1 saturated heterocycles. The van der Waals surface area contributed by atoms with Gasteiger partial charge in [-0.25, -0.2) is 0 Å². The maximum absolute atomic E-state index is 12.4. The Kier molecular flexibility index (Phi) is 4.40. The molecule has 1 aliphatic rings. The number of rotatable bonds is 2. The summed E-state index contributed by atoms with van der Waals surface area (Å²) in [6, 6.07) is 3.93. The third-order valence-electron chi connectivity index (χ3n) is 3.78. The molecule has 0 N–H and O–H groups in total. The van der Waals surface area contributed by atoms with E-state index in [4.69, 9.17) is 5.26 Å². The predicted molar refractivity (Wildman–Crippen MR) is 76.4 cm³/mol. The summed E-state index contributed by atoms with van der Waals surface area (Å²) in [6.07, 6.45) is 1.57. The van der Waals surface area contributed by atoms with E-state index in [1.807, 2.05) is 6.07 Å². The number of nitriles is 1. The fourth-order valence-corrected chi connectivity index (χ4v) is 3.23. The van der Waals surface area contributed by atoms with Crippen molar-refractivity contribution in [1.82, 2.24) is 9.80 Å². The van der Waals surface area contributed by atoms with Crippen LogP contribution in [0.3, 0.4) is 0 Å². The minimum Gasteiger partial charge on any atom is -0.343 e. The number of carbonyl (C=O) groups is 2. The van der Waals surface area contributed by atoms with E-state index >= 15 is 0 Å². The van der Waals surface area contributed by atoms with E-state index in [0.29, 0.717) is 23.5 Å². The molecule has 0 aromatic carbocycles. The van der Waals surface area contributed by atoms with Crippen molar-refractivity contribution in [3.8, 4) is 6.07 Å². The van der Waals surface area contributed by atoms with E-state index < -0.39 is 0 Å². The SMILES string of the molecule is CC(=O)N(C)C1CCN(C(=O)c2sccc2C#N)CC1. The molecule has 1 aromatic heterocycles. The first-order chi connectivity index (χ1) is 9.54. The summed E-state index contributed by atoms with van der Waals surface area (Å²) in [4.78, 5) is 27.7. The lowest BCUT2D eigenvalue weighted by atomic mass is 10.0. The molecular formula is C14H17N3O2S. The van der Waals surface area contributed by atoms with E-state index in [-0.39, 0.29) is 17.9 Å². The summed E-state index contributed by atoms with van der Waals surface area (Å²) in [6.45, 7) is 2.82. The molecule has 0 bridgehead atoms. The molecule has 1 aromatic rings. The second-order valence-electron chi connectivity index (χ2n) is 4.93. The van der Waals surface area contributed by atoms with Crippen molar-refractivity contribution in [2.75, 3.05) is 20.1 Å². The number of carbonyl (C=O) groups excluding carboxylic acids is 2. The Balaban J connectivity index is 1.99. The van der Waals surface area contributed by atoms with Crippen LogP contribution in [0.25, 0.3) is 0 Å². The van der Waals surface area contributed by atoms with Crippen molar-refractivity contribution in [3.05, 3.63) is 21.9 Å². The smallest absolute Gasteiger partial charge is 0.265 e. The fraction of sp³-hybridized carbons (Fsp3) is 0.500. The standard InChI is InChI=1S/C14H17N3O2S/c1-10(18)16(2)12-3-6-17(7-4-12)14(19)13-11(9-15)5-8-20-13/h5,8,12H,3-4,6-7H2,1-2H3. The van der Waals surface area contributed by atoms with Crippen LogP contribution in [0.4, 0.5) is 0 Å². The van der Waals surface area contributed by atoms with Gasteiger partial charge in [0.15, 0.2) is 0 Å². The van der Waals surface area contributed by atoms with Gasteiger partial charge < -0.3 is 9.80 Å². The lowest BCUT2D eigenvalue weighted by molar-refractivity contribution is -0.130. The van der Waals surface area contributed by atoms with E-state index in [9.17, 15) is 9.59 Å². The topological polar surface area (TPSA) is 64.4 Å². The van der Waals surface area contributed by atoms with Gasteiger partial charge in [-0.2, -0.15) is 5.26 Å². The van der Waals surface area contributed by atoms with Gasteiger partial charge >= 0.3 is 0 Å². The second kappa shape index (κ2) is 6.06. The molecule has 0 saturated carbocycles. The first kappa shape index (κ1) is 14.5. The Morgan fingerprint density at radius 1 is 1.45 bits per heavy atom. The van der Waals surface area contributed by atoms with Crippen LogP contribution in [0.15, 0.2) is 11.4 Å².